The maximum atomic E-state index is 13.7. The number of nitrogens with zero attached hydrogens (tertiary/aromatic N) is 1. The average molecular weight is 292 g/mol. The van der Waals surface area contributed by atoms with Crippen LogP contribution < -0.4 is 5.73 Å². The minimum atomic E-state index is -1.53. The number of fused-ring (bicyclic) bond motifs is 1. The van der Waals surface area contributed by atoms with Crippen LogP contribution in [0.25, 0.3) is 11.1 Å². The smallest absolute Gasteiger partial charge is 0.197 e. The first-order chi connectivity index (χ1) is 10.1. The number of nitrogens with two attached hydrogens (primary N) is 1. The zero-order valence-corrected chi connectivity index (χ0v) is 10.8. The normalized spacial score (nSPS) is 12.8. The highest BCUT2D eigenvalue weighted by Crippen LogP contribution is 2.24. The van der Waals surface area contributed by atoms with Gasteiger partial charge in [-0.15, -0.1) is 0 Å². The number of halogens is 3. The van der Waals surface area contributed by atoms with Gasteiger partial charge < -0.3 is 10.2 Å². The van der Waals surface area contributed by atoms with Crippen LogP contribution in [0.4, 0.5) is 13.2 Å². The van der Waals surface area contributed by atoms with E-state index in [0.717, 1.165) is 12.1 Å². The summed E-state index contributed by atoms with van der Waals surface area (Å²) in [5, 5.41) is 0. The summed E-state index contributed by atoms with van der Waals surface area (Å²) in [4.78, 5) is 4.21. The highest BCUT2D eigenvalue weighted by atomic mass is 19.2. The standard InChI is InChI=1S/C15H11F3N2O/c16-9-6-5-8(14(17)15(9)18)10(19)7-13-20-11-3-1-2-4-12(11)21-13/h1-6,10H,7,19H2. The van der Waals surface area contributed by atoms with Gasteiger partial charge >= 0.3 is 0 Å². The highest BCUT2D eigenvalue weighted by molar-refractivity contribution is 5.72. The van der Waals surface area contributed by atoms with Gasteiger partial charge in [0.05, 0.1) is 0 Å². The van der Waals surface area contributed by atoms with E-state index >= 15 is 0 Å². The molecular formula is C15H11F3N2O. The molecule has 0 aliphatic rings. The van der Waals surface area contributed by atoms with Crippen LogP contribution >= 0.6 is 0 Å². The molecule has 0 bridgehead atoms. The van der Waals surface area contributed by atoms with Gasteiger partial charge in [0.15, 0.2) is 28.9 Å². The fraction of sp³-hybridized carbons (Fsp3) is 0.133. The van der Waals surface area contributed by atoms with Gasteiger partial charge in [-0.3, -0.25) is 0 Å². The van der Waals surface area contributed by atoms with Crippen LogP contribution in [0.2, 0.25) is 0 Å². The largest absolute Gasteiger partial charge is 0.441 e. The van der Waals surface area contributed by atoms with Crippen molar-refractivity contribution < 1.29 is 17.6 Å². The molecule has 2 aromatic carbocycles. The third kappa shape index (κ3) is 2.50. The topological polar surface area (TPSA) is 52.0 Å². The van der Waals surface area contributed by atoms with E-state index in [4.69, 9.17) is 10.2 Å². The summed E-state index contributed by atoms with van der Waals surface area (Å²) in [6.45, 7) is 0. The molecule has 108 valence electrons. The lowest BCUT2D eigenvalue weighted by molar-refractivity contribution is 0.430. The predicted octanol–water partition coefficient (Wildman–Crippen LogP) is 3.49. The van der Waals surface area contributed by atoms with Gasteiger partial charge in [-0.2, -0.15) is 0 Å². The minimum absolute atomic E-state index is 0.0800. The Morgan fingerprint density at radius 3 is 2.57 bits per heavy atom. The first-order valence-corrected chi connectivity index (χ1v) is 6.29. The molecule has 0 saturated heterocycles. The first kappa shape index (κ1) is 13.6. The van der Waals surface area contributed by atoms with Crippen LogP contribution in [-0.4, -0.2) is 4.98 Å². The molecule has 1 aromatic heterocycles. The lowest BCUT2D eigenvalue weighted by Crippen LogP contribution is -2.16. The van der Waals surface area contributed by atoms with Crippen molar-refractivity contribution in [3.8, 4) is 0 Å². The molecule has 0 amide bonds. The Hall–Kier alpha value is -2.34. The van der Waals surface area contributed by atoms with Crippen LogP contribution in [-0.2, 0) is 6.42 Å². The lowest BCUT2D eigenvalue weighted by atomic mass is 10.0. The Labute approximate surface area is 118 Å². The summed E-state index contributed by atoms with van der Waals surface area (Å²) in [5.74, 6) is -3.74. The van der Waals surface area contributed by atoms with Crippen molar-refractivity contribution in [3.05, 3.63) is 65.3 Å². The molecule has 0 aliphatic carbocycles. The molecule has 21 heavy (non-hydrogen) atoms. The first-order valence-electron chi connectivity index (χ1n) is 6.29. The second kappa shape index (κ2) is 5.21. The SMILES string of the molecule is NC(Cc1nc2ccccc2o1)c1ccc(F)c(F)c1F. The van der Waals surface area contributed by atoms with Gasteiger partial charge in [-0.05, 0) is 18.2 Å². The molecule has 0 fully saturated rings. The van der Waals surface area contributed by atoms with Crippen molar-refractivity contribution in [2.24, 2.45) is 5.73 Å². The molecule has 1 unspecified atom stereocenters. The number of benzene rings is 2. The number of rotatable bonds is 3. The van der Waals surface area contributed by atoms with Crippen LogP contribution in [0, 0.1) is 17.5 Å². The zero-order chi connectivity index (χ0) is 15.0. The van der Waals surface area contributed by atoms with Crippen molar-refractivity contribution in [2.75, 3.05) is 0 Å². The molecule has 6 heteroatoms. The van der Waals surface area contributed by atoms with Gasteiger partial charge in [0.2, 0.25) is 0 Å². The number of hydrogen-bond acceptors (Lipinski definition) is 3. The second-order valence-corrected chi connectivity index (χ2v) is 4.65. The van der Waals surface area contributed by atoms with Crippen molar-refractivity contribution in [2.45, 2.75) is 12.5 Å². The van der Waals surface area contributed by atoms with Crippen molar-refractivity contribution in [1.82, 2.24) is 4.98 Å². The summed E-state index contributed by atoms with van der Waals surface area (Å²) >= 11 is 0. The van der Waals surface area contributed by atoms with Crippen LogP contribution in [0.5, 0.6) is 0 Å². The van der Waals surface area contributed by atoms with Gasteiger partial charge in [-0.1, -0.05) is 18.2 Å². The Morgan fingerprint density at radius 1 is 1.05 bits per heavy atom. The van der Waals surface area contributed by atoms with Gasteiger partial charge in [0, 0.05) is 18.0 Å². The molecule has 0 spiro atoms. The maximum Gasteiger partial charge on any atom is 0.197 e. The van der Waals surface area contributed by atoms with Crippen LogP contribution in [0.1, 0.15) is 17.5 Å². The molecule has 3 nitrogen and oxygen atoms in total. The number of aromatic nitrogens is 1. The highest BCUT2D eigenvalue weighted by Gasteiger charge is 2.20. The van der Waals surface area contributed by atoms with Crippen molar-refractivity contribution >= 4 is 11.1 Å². The molecular weight excluding hydrogens is 281 g/mol. The van der Waals surface area contributed by atoms with E-state index < -0.39 is 23.5 Å². The third-order valence-corrected chi connectivity index (χ3v) is 3.20. The van der Waals surface area contributed by atoms with E-state index in [-0.39, 0.29) is 12.0 Å². The molecule has 0 saturated carbocycles. The molecule has 1 heterocycles. The van der Waals surface area contributed by atoms with Gasteiger partial charge in [0.1, 0.15) is 5.52 Å². The van der Waals surface area contributed by atoms with E-state index in [1.54, 1.807) is 18.2 Å². The Kier molecular flexibility index (Phi) is 3.39. The Morgan fingerprint density at radius 2 is 1.81 bits per heavy atom. The van der Waals surface area contributed by atoms with E-state index in [2.05, 4.69) is 4.98 Å². The van der Waals surface area contributed by atoms with Crippen molar-refractivity contribution in [3.63, 3.8) is 0 Å². The fourth-order valence-electron chi connectivity index (χ4n) is 2.13. The quantitative estimate of drug-likeness (QED) is 0.752. The monoisotopic (exact) mass is 292 g/mol. The summed E-state index contributed by atoms with van der Waals surface area (Å²) < 4.78 is 45.3. The molecule has 3 aromatic rings. The number of para-hydroxylation sites is 2. The predicted molar refractivity (Wildman–Crippen MR) is 71.0 cm³/mol. The average Bonchev–Trinajstić information content (AvgIpc) is 2.86. The number of oxazole rings is 1. The van der Waals surface area contributed by atoms with Crippen LogP contribution in [0.3, 0.4) is 0 Å². The maximum absolute atomic E-state index is 13.7. The summed E-state index contributed by atoms with van der Waals surface area (Å²) in [5.41, 5.74) is 6.97. The van der Waals surface area contributed by atoms with E-state index in [1.165, 1.54) is 0 Å². The Bertz CT molecular complexity index is 768. The molecule has 3 rings (SSSR count). The second-order valence-electron chi connectivity index (χ2n) is 4.65. The van der Waals surface area contributed by atoms with Gasteiger partial charge in [-0.25, -0.2) is 18.2 Å². The van der Waals surface area contributed by atoms with E-state index in [0.29, 0.717) is 17.0 Å². The lowest BCUT2D eigenvalue weighted by Gasteiger charge is -2.11. The van der Waals surface area contributed by atoms with Gasteiger partial charge in [0.25, 0.3) is 0 Å². The Balaban J connectivity index is 1.89. The van der Waals surface area contributed by atoms with Crippen LogP contribution in [0.15, 0.2) is 40.8 Å². The summed E-state index contributed by atoms with van der Waals surface area (Å²) in [6.07, 6.45) is 0.0800. The molecule has 0 aliphatic heterocycles. The minimum Gasteiger partial charge on any atom is -0.441 e. The molecule has 1 atom stereocenters. The zero-order valence-electron chi connectivity index (χ0n) is 10.8. The third-order valence-electron chi connectivity index (χ3n) is 3.20. The number of hydrogen-bond donors (Lipinski definition) is 1. The fourth-order valence-corrected chi connectivity index (χ4v) is 2.13. The van der Waals surface area contributed by atoms with Crippen molar-refractivity contribution in [1.29, 1.82) is 0 Å². The molecule has 0 radical (unpaired) electrons. The van der Waals surface area contributed by atoms with E-state index in [1.807, 2.05) is 6.07 Å². The van der Waals surface area contributed by atoms with E-state index in [9.17, 15) is 13.2 Å². The summed E-state index contributed by atoms with van der Waals surface area (Å²) in [6, 6.07) is 8.21. The summed E-state index contributed by atoms with van der Waals surface area (Å²) in [7, 11) is 0. The molecule has 2 N–H and O–H groups in total.